The molecule has 7 nitrogen and oxygen atoms in total. The number of rotatable bonds is 1. The summed E-state index contributed by atoms with van der Waals surface area (Å²) in [6, 6.07) is 4.14. The van der Waals surface area contributed by atoms with Crippen LogP contribution in [-0.4, -0.2) is 30.3 Å². The summed E-state index contributed by atoms with van der Waals surface area (Å²) in [6.07, 6.45) is 0. The molecule has 1 aromatic carbocycles. The second-order valence-corrected chi connectivity index (χ2v) is 4.95. The van der Waals surface area contributed by atoms with Gasteiger partial charge in [-0.2, -0.15) is 0 Å². The van der Waals surface area contributed by atoms with E-state index in [0.717, 1.165) is 5.56 Å². The zero-order valence-electron chi connectivity index (χ0n) is 10.8. The number of fused-ring (bicyclic) bond motifs is 1. The Morgan fingerprint density at radius 1 is 1.20 bits per heavy atom. The van der Waals surface area contributed by atoms with E-state index in [2.05, 4.69) is 10.6 Å². The Morgan fingerprint density at radius 2 is 1.95 bits per heavy atom. The number of hydrogen-bond donors (Lipinski definition) is 3. The first-order chi connectivity index (χ1) is 9.47. The predicted octanol–water partition coefficient (Wildman–Crippen LogP) is -0.510. The summed E-state index contributed by atoms with van der Waals surface area (Å²) < 4.78 is 0. The molecular formula is C13H14N4O3. The number of piperazine rings is 1. The number of nitrogens with zero attached hydrogens (tertiary/aromatic N) is 1. The Bertz CT molecular complexity index is 628. The fourth-order valence-electron chi connectivity index (χ4n) is 2.48. The zero-order valence-corrected chi connectivity index (χ0v) is 10.8. The van der Waals surface area contributed by atoms with E-state index in [4.69, 9.17) is 5.73 Å². The van der Waals surface area contributed by atoms with Crippen LogP contribution in [0.3, 0.4) is 0 Å². The molecule has 0 spiro atoms. The second-order valence-electron chi connectivity index (χ2n) is 4.95. The average Bonchev–Trinajstić information content (AvgIpc) is 2.69. The van der Waals surface area contributed by atoms with Gasteiger partial charge in [0, 0.05) is 16.9 Å². The number of nitrogens with one attached hydrogen (secondary N) is 2. The summed E-state index contributed by atoms with van der Waals surface area (Å²) in [5, 5.41) is 4.97. The molecule has 2 unspecified atom stereocenters. The molecule has 1 aromatic rings. The van der Waals surface area contributed by atoms with Crippen molar-refractivity contribution in [3.05, 3.63) is 23.8 Å². The highest BCUT2D eigenvalue weighted by atomic mass is 16.2. The fourth-order valence-corrected chi connectivity index (χ4v) is 2.48. The van der Waals surface area contributed by atoms with Gasteiger partial charge in [-0.25, -0.2) is 0 Å². The summed E-state index contributed by atoms with van der Waals surface area (Å²) in [5.74, 6) is -0.922. The lowest BCUT2D eigenvalue weighted by Crippen LogP contribution is -2.57. The zero-order chi connectivity index (χ0) is 14.4. The molecule has 1 saturated heterocycles. The lowest BCUT2D eigenvalue weighted by atomic mass is 10.1. The lowest BCUT2D eigenvalue weighted by molar-refractivity contribution is -0.132. The van der Waals surface area contributed by atoms with Gasteiger partial charge in [0.05, 0.1) is 6.54 Å². The topological polar surface area (TPSA) is 105 Å². The van der Waals surface area contributed by atoms with E-state index in [1.807, 2.05) is 0 Å². The quantitative estimate of drug-likeness (QED) is 0.598. The molecule has 104 valence electrons. The minimum Gasteiger partial charge on any atom is -0.350 e. The highest BCUT2D eigenvalue weighted by Gasteiger charge is 2.32. The predicted molar refractivity (Wildman–Crippen MR) is 72.0 cm³/mol. The van der Waals surface area contributed by atoms with Crippen LogP contribution in [0.5, 0.6) is 0 Å². The Hall–Kier alpha value is -2.41. The van der Waals surface area contributed by atoms with Crippen molar-refractivity contribution in [1.82, 2.24) is 5.32 Å². The van der Waals surface area contributed by atoms with E-state index in [1.165, 1.54) is 0 Å². The van der Waals surface area contributed by atoms with Crippen LogP contribution < -0.4 is 21.3 Å². The maximum Gasteiger partial charge on any atom is 0.249 e. The van der Waals surface area contributed by atoms with Gasteiger partial charge >= 0.3 is 0 Å². The molecule has 2 heterocycles. The van der Waals surface area contributed by atoms with Crippen molar-refractivity contribution in [2.24, 2.45) is 5.73 Å². The molecular weight excluding hydrogens is 260 g/mol. The normalized spacial score (nSPS) is 25.3. The molecule has 7 heteroatoms. The van der Waals surface area contributed by atoms with Crippen molar-refractivity contribution in [1.29, 1.82) is 0 Å². The van der Waals surface area contributed by atoms with Gasteiger partial charge in [-0.3, -0.25) is 19.7 Å². The highest BCUT2D eigenvalue weighted by Crippen LogP contribution is 2.33. The number of amides is 3. The molecule has 3 rings (SSSR count). The van der Waals surface area contributed by atoms with E-state index in [0.29, 0.717) is 11.4 Å². The number of hydrogen-bond acceptors (Lipinski definition) is 5. The molecule has 0 bridgehead atoms. The molecule has 0 aliphatic carbocycles. The molecule has 4 N–H and O–H groups in total. The SMILES string of the molecule is CC1C(=O)NC(=O)CN1c1ccc2c(c1)NC(=O)C2N. The van der Waals surface area contributed by atoms with Crippen LogP contribution in [0.2, 0.25) is 0 Å². The molecule has 1 fully saturated rings. The number of carbonyl (C=O) groups is 3. The van der Waals surface area contributed by atoms with Crippen LogP contribution in [0.4, 0.5) is 11.4 Å². The van der Waals surface area contributed by atoms with E-state index in [-0.39, 0.29) is 24.3 Å². The third-order valence-electron chi connectivity index (χ3n) is 3.67. The van der Waals surface area contributed by atoms with E-state index in [9.17, 15) is 14.4 Å². The maximum absolute atomic E-state index is 11.7. The maximum atomic E-state index is 11.7. The van der Waals surface area contributed by atoms with E-state index >= 15 is 0 Å². The number of anilines is 2. The number of imide groups is 1. The highest BCUT2D eigenvalue weighted by molar-refractivity contribution is 6.05. The average molecular weight is 274 g/mol. The Morgan fingerprint density at radius 3 is 2.70 bits per heavy atom. The number of carbonyl (C=O) groups excluding carboxylic acids is 3. The summed E-state index contributed by atoms with van der Waals surface area (Å²) in [5.41, 5.74) is 7.80. The summed E-state index contributed by atoms with van der Waals surface area (Å²) in [7, 11) is 0. The van der Waals surface area contributed by atoms with Gasteiger partial charge in [-0.15, -0.1) is 0 Å². The van der Waals surface area contributed by atoms with Crippen LogP contribution in [-0.2, 0) is 14.4 Å². The van der Waals surface area contributed by atoms with Crippen molar-refractivity contribution in [3.8, 4) is 0 Å². The lowest BCUT2D eigenvalue weighted by Gasteiger charge is -2.33. The van der Waals surface area contributed by atoms with Crippen LogP contribution in [0, 0.1) is 0 Å². The van der Waals surface area contributed by atoms with Crippen molar-refractivity contribution in [3.63, 3.8) is 0 Å². The van der Waals surface area contributed by atoms with Gasteiger partial charge in [0.25, 0.3) is 0 Å². The van der Waals surface area contributed by atoms with E-state index < -0.39 is 12.1 Å². The molecule has 0 aromatic heterocycles. The largest absolute Gasteiger partial charge is 0.350 e. The molecule has 0 saturated carbocycles. The Kier molecular flexibility index (Phi) is 2.72. The molecule has 2 aliphatic heterocycles. The number of benzene rings is 1. The summed E-state index contributed by atoms with van der Waals surface area (Å²) in [6.45, 7) is 1.82. The molecule has 20 heavy (non-hydrogen) atoms. The minimum absolute atomic E-state index is 0.103. The first-order valence-electron chi connectivity index (χ1n) is 6.28. The standard InChI is InChI=1S/C13H14N4O3/c1-6-12(19)16-10(18)5-17(6)7-2-3-8-9(4-7)15-13(20)11(8)14/h2-4,6,11H,5,14H2,1H3,(H,15,20)(H,16,18,19). The van der Waals surface area contributed by atoms with Gasteiger partial charge in [0.2, 0.25) is 17.7 Å². The van der Waals surface area contributed by atoms with Crippen molar-refractivity contribution < 1.29 is 14.4 Å². The fraction of sp³-hybridized carbons (Fsp3) is 0.308. The third kappa shape index (κ3) is 1.83. The summed E-state index contributed by atoms with van der Waals surface area (Å²) in [4.78, 5) is 36.4. The van der Waals surface area contributed by atoms with Gasteiger partial charge in [-0.1, -0.05) is 6.07 Å². The Balaban J connectivity index is 1.96. The van der Waals surface area contributed by atoms with Crippen molar-refractivity contribution >= 4 is 29.1 Å². The van der Waals surface area contributed by atoms with Crippen LogP contribution in [0.1, 0.15) is 18.5 Å². The van der Waals surface area contributed by atoms with Crippen molar-refractivity contribution in [2.45, 2.75) is 19.0 Å². The summed E-state index contributed by atoms with van der Waals surface area (Å²) >= 11 is 0. The van der Waals surface area contributed by atoms with Crippen LogP contribution in [0.25, 0.3) is 0 Å². The molecule has 0 radical (unpaired) electrons. The van der Waals surface area contributed by atoms with Crippen LogP contribution in [0.15, 0.2) is 18.2 Å². The van der Waals surface area contributed by atoms with Crippen molar-refractivity contribution in [2.75, 3.05) is 16.8 Å². The monoisotopic (exact) mass is 274 g/mol. The van der Waals surface area contributed by atoms with Crippen LogP contribution >= 0.6 is 0 Å². The van der Waals surface area contributed by atoms with Gasteiger partial charge < -0.3 is 16.0 Å². The van der Waals surface area contributed by atoms with Gasteiger partial charge in [0.1, 0.15) is 12.1 Å². The van der Waals surface area contributed by atoms with E-state index in [1.54, 1.807) is 30.0 Å². The smallest absolute Gasteiger partial charge is 0.249 e. The minimum atomic E-state index is -0.664. The molecule has 2 aliphatic rings. The second kappa shape index (κ2) is 4.31. The third-order valence-corrected chi connectivity index (χ3v) is 3.67. The van der Waals surface area contributed by atoms with Gasteiger partial charge in [0.15, 0.2) is 0 Å². The first kappa shape index (κ1) is 12.6. The van der Waals surface area contributed by atoms with Gasteiger partial charge in [-0.05, 0) is 19.1 Å². The first-order valence-corrected chi connectivity index (χ1v) is 6.28. The molecule has 3 amide bonds. The number of nitrogens with two attached hydrogens (primary N) is 1. The molecule has 2 atom stereocenters. The Labute approximate surface area is 115 Å².